The molecule has 22 atom stereocenters. The molecule has 0 amide bonds. The Bertz CT molecular complexity index is 2300. The third kappa shape index (κ3) is 8.24. The molecule has 11 aliphatic rings. The lowest BCUT2D eigenvalue weighted by molar-refractivity contribution is -0.282. The van der Waals surface area contributed by atoms with Gasteiger partial charge < -0.3 is 72.4 Å². The van der Waals surface area contributed by atoms with E-state index in [0.717, 1.165) is 69.2 Å². The number of hydrogen-bond donors (Lipinski definition) is 13. The van der Waals surface area contributed by atoms with E-state index in [4.69, 9.17) is 10.5 Å². The number of dihydropyridines is 1. The minimum absolute atomic E-state index is 0.00332. The number of hydrogen-bond acceptors (Lipinski definition) is 15. The number of Topliss-reactive ketones (excluding diaryl/α,β-unsaturated/α-hetero) is 1. The van der Waals surface area contributed by atoms with E-state index >= 15 is 9.90 Å². The van der Waals surface area contributed by atoms with E-state index in [-0.39, 0.29) is 80.6 Å². The van der Waals surface area contributed by atoms with Gasteiger partial charge in [-0.3, -0.25) is 4.79 Å². The summed E-state index contributed by atoms with van der Waals surface area (Å²) in [6, 6.07) is 0. The molecule has 0 radical (unpaired) electrons. The van der Waals surface area contributed by atoms with Gasteiger partial charge in [0.15, 0.2) is 5.78 Å². The van der Waals surface area contributed by atoms with Gasteiger partial charge in [-0.15, -0.1) is 0 Å². The average molecular weight is 1060 g/mol. The molecule has 9 aliphatic carbocycles. The summed E-state index contributed by atoms with van der Waals surface area (Å²) in [5, 5.41) is 126. The fourth-order valence-electron chi connectivity index (χ4n) is 20.8. The Balaban J connectivity index is 1.13. The molecule has 7 saturated carbocycles. The molecule has 8 fully saturated rings. The van der Waals surface area contributed by atoms with Crippen LogP contribution in [0.1, 0.15) is 156 Å². The van der Waals surface area contributed by atoms with Crippen LogP contribution in [-0.2, 0) is 9.53 Å². The summed E-state index contributed by atoms with van der Waals surface area (Å²) in [6.07, 6.45) is 15.0. The number of ketones is 1. The number of carbonyl (C=O) groups is 1. The van der Waals surface area contributed by atoms with Crippen LogP contribution in [0.25, 0.3) is 0 Å². The number of fused-ring (bicyclic) bond motifs is 5. The van der Waals surface area contributed by atoms with E-state index < -0.39 is 105 Å². The maximum Gasteiger partial charge on any atom is 0.182 e. The van der Waals surface area contributed by atoms with Gasteiger partial charge >= 0.3 is 0 Å². The second-order valence-electron chi connectivity index (χ2n) is 27.3. The number of aliphatic hydroxyl groups is 9. The van der Waals surface area contributed by atoms with Crippen molar-refractivity contribution in [3.8, 4) is 0 Å². The molecular formula is C61H96N4O11. The van der Waals surface area contributed by atoms with Crippen LogP contribution in [-0.4, -0.2) is 144 Å². The fourth-order valence-corrected chi connectivity index (χ4v) is 20.8. The first kappa shape index (κ1) is 55.6. The van der Waals surface area contributed by atoms with E-state index in [0.29, 0.717) is 68.8 Å². The molecule has 1 unspecified atom stereocenters. The monoisotopic (exact) mass is 1060 g/mol. The van der Waals surface area contributed by atoms with E-state index in [9.17, 15) is 40.9 Å². The zero-order valence-electron chi connectivity index (χ0n) is 46.1. The highest BCUT2D eigenvalue weighted by atomic mass is 16.5. The fraction of sp³-hybridized carbons (Fsp3) is 0.852. The van der Waals surface area contributed by atoms with Crippen LogP contribution in [0.5, 0.6) is 0 Å². The maximum atomic E-state index is 16.4. The molecule has 2 aliphatic heterocycles. The molecule has 76 heavy (non-hydrogen) atoms. The van der Waals surface area contributed by atoms with Crippen LogP contribution in [0.3, 0.4) is 0 Å². The number of allylic oxidation sites excluding steroid dienone is 5. The van der Waals surface area contributed by atoms with Crippen LogP contribution in [0.15, 0.2) is 46.8 Å². The van der Waals surface area contributed by atoms with Crippen molar-refractivity contribution in [1.82, 2.24) is 16.0 Å². The standard InChI is InChI=1S/C61H96N4O11/c1-5-8-34-13-17-39-45(21-14-34)76-55-48(39)43(68)10-6-25-61(55,75)56(3,72)46-24-27-60(74)50-51(64-30-33(2)67)53(71)49-40-18-20-41-37(38-19-22-47(62)65-42(38)9-7-28-66)23-26-57(73,54(50)58(41,49)29-44(69)52(40)70)32-59(46,60)36-15-11-35(12-16-36)31-63-4/h19,22-23,26,33-37,39-41,43-49,52,54-55,63-70,72-75H,5-18,20-21,24-25,27-32,62H2,1-4H3/t33-,34+,35?,36?,37+,39+,40+,41+,43-,44-,45+,46+,47?,48+,49-,52+,54+,55+,56+,57+,58+,59-,60+,61+/m0/s1. The summed E-state index contributed by atoms with van der Waals surface area (Å²) in [4.78, 5) is 16.4. The predicted molar refractivity (Wildman–Crippen MR) is 287 cm³/mol. The van der Waals surface area contributed by atoms with Crippen LogP contribution in [0, 0.1) is 75.9 Å². The van der Waals surface area contributed by atoms with Crippen LogP contribution >= 0.6 is 0 Å². The van der Waals surface area contributed by atoms with Gasteiger partial charge in [0.2, 0.25) is 0 Å². The molecule has 426 valence electrons. The third-order valence-electron chi connectivity index (χ3n) is 23.7. The topological polar surface area (TPSA) is 270 Å². The highest BCUT2D eigenvalue weighted by Gasteiger charge is 2.82. The number of nitrogens with one attached hydrogen (secondary N) is 3. The Hall–Kier alpha value is -2.25. The molecule has 15 nitrogen and oxygen atoms in total. The van der Waals surface area contributed by atoms with Crippen molar-refractivity contribution in [1.29, 1.82) is 0 Å². The smallest absolute Gasteiger partial charge is 0.182 e. The summed E-state index contributed by atoms with van der Waals surface area (Å²) in [5.41, 5.74) is -1.13. The first-order valence-corrected chi connectivity index (χ1v) is 30.4. The molecule has 1 spiro atoms. The van der Waals surface area contributed by atoms with Crippen molar-refractivity contribution < 1.29 is 55.5 Å². The van der Waals surface area contributed by atoms with E-state index in [1.807, 2.05) is 25.3 Å². The number of aliphatic hydroxyl groups excluding tert-OH is 5. The quantitative estimate of drug-likeness (QED) is 0.109. The minimum Gasteiger partial charge on any atom is -0.396 e. The Labute approximate surface area is 451 Å². The average Bonchev–Trinajstić information content (AvgIpc) is 2.99. The lowest BCUT2D eigenvalue weighted by Gasteiger charge is -2.71. The third-order valence-corrected chi connectivity index (χ3v) is 23.7. The summed E-state index contributed by atoms with van der Waals surface area (Å²) < 4.78 is 7.19. The van der Waals surface area contributed by atoms with Crippen molar-refractivity contribution in [2.75, 3.05) is 26.7 Å². The number of ether oxygens (including phenoxy) is 1. The lowest BCUT2D eigenvalue weighted by Crippen LogP contribution is -2.76. The van der Waals surface area contributed by atoms with Gasteiger partial charge in [0, 0.05) is 47.9 Å². The van der Waals surface area contributed by atoms with E-state index in [2.05, 4.69) is 29.0 Å². The summed E-state index contributed by atoms with van der Waals surface area (Å²) >= 11 is 0. The summed E-state index contributed by atoms with van der Waals surface area (Å²) in [6.45, 7) is 6.40. The molecule has 2 heterocycles. The van der Waals surface area contributed by atoms with Gasteiger partial charge in [0.1, 0.15) is 5.60 Å². The van der Waals surface area contributed by atoms with E-state index in [1.165, 1.54) is 0 Å². The molecular weight excluding hydrogens is 965 g/mol. The zero-order chi connectivity index (χ0) is 53.9. The Kier molecular flexibility index (Phi) is 15.1. The highest BCUT2D eigenvalue weighted by molar-refractivity contribution is 6.00. The van der Waals surface area contributed by atoms with Crippen molar-refractivity contribution in [2.45, 2.75) is 221 Å². The second kappa shape index (κ2) is 20.6. The van der Waals surface area contributed by atoms with Crippen molar-refractivity contribution in [3.63, 3.8) is 0 Å². The Morgan fingerprint density at radius 3 is 2.39 bits per heavy atom. The Morgan fingerprint density at radius 2 is 1.67 bits per heavy atom. The summed E-state index contributed by atoms with van der Waals surface area (Å²) in [5.74, 6) is -4.06. The van der Waals surface area contributed by atoms with Crippen molar-refractivity contribution in [3.05, 3.63) is 46.8 Å². The van der Waals surface area contributed by atoms with Crippen molar-refractivity contribution in [2.24, 2.45) is 81.7 Å². The molecule has 0 aromatic heterocycles. The predicted octanol–water partition coefficient (Wildman–Crippen LogP) is 4.13. The number of carbonyl (C=O) groups excluding carboxylic acids is 1. The maximum absolute atomic E-state index is 16.4. The van der Waals surface area contributed by atoms with Crippen molar-refractivity contribution >= 4 is 5.78 Å². The first-order chi connectivity index (χ1) is 36.3. The molecule has 1 saturated heterocycles. The lowest BCUT2D eigenvalue weighted by atomic mass is 9.34. The molecule has 2 bridgehead atoms. The molecule has 0 aromatic rings. The van der Waals surface area contributed by atoms with E-state index in [1.54, 1.807) is 13.8 Å². The molecule has 11 rings (SSSR count). The largest absolute Gasteiger partial charge is 0.396 e. The van der Waals surface area contributed by atoms with Gasteiger partial charge in [-0.25, -0.2) is 0 Å². The normalized spacial score (nSPS) is 49.8. The van der Waals surface area contributed by atoms with Gasteiger partial charge in [-0.1, -0.05) is 44.4 Å². The molecule has 0 aromatic carbocycles. The van der Waals surface area contributed by atoms with Gasteiger partial charge in [0.25, 0.3) is 0 Å². The number of rotatable bonds is 14. The zero-order valence-corrected chi connectivity index (χ0v) is 46.1. The second-order valence-corrected chi connectivity index (χ2v) is 27.3. The number of nitrogens with two attached hydrogens (primary N) is 1. The highest BCUT2D eigenvalue weighted by Crippen LogP contribution is 2.79. The summed E-state index contributed by atoms with van der Waals surface area (Å²) in [7, 11) is 1.96. The van der Waals surface area contributed by atoms with Gasteiger partial charge in [0.05, 0.1) is 65.3 Å². The van der Waals surface area contributed by atoms with Crippen LogP contribution in [0.2, 0.25) is 0 Å². The SMILES string of the molecule is CCC[C@@H]1CC[C@H]2[C@H]3[C@@H](O[C@@H]2CC1)[C@@](O)([C@](C)(O)[C@H]1CC[C@@]2(O)C4=C(NC[C@H](C)O)C(=O)[C@@H]5[C@H]6CC[C@@H]7[C@@H](C8=C(CCCO)NC(N)C=C8)C=C[C@@](O)(C[C@]12C1CCC(CNC)CC1)[C@@H]4[C@]75C[C@H](O)[C@@H]6O)CCC[C@@H]3O. The Morgan fingerprint density at radius 1 is 0.934 bits per heavy atom. The molecule has 14 N–H and O–H groups in total. The van der Waals surface area contributed by atoms with Gasteiger partial charge in [-0.05, 0) is 207 Å². The first-order valence-electron chi connectivity index (χ1n) is 30.4. The minimum atomic E-state index is -1.94. The molecule has 15 heteroatoms. The van der Waals surface area contributed by atoms with Gasteiger partial charge in [-0.2, -0.15) is 0 Å². The van der Waals surface area contributed by atoms with Crippen LogP contribution < -0.4 is 21.7 Å². The van der Waals surface area contributed by atoms with Crippen LogP contribution in [0.4, 0.5) is 0 Å².